The summed E-state index contributed by atoms with van der Waals surface area (Å²) in [6.07, 6.45) is -0.412. The van der Waals surface area contributed by atoms with Crippen molar-refractivity contribution in [3.63, 3.8) is 0 Å². The summed E-state index contributed by atoms with van der Waals surface area (Å²) in [6, 6.07) is 12.8. The molecule has 0 spiro atoms. The van der Waals surface area contributed by atoms with Crippen molar-refractivity contribution in [3.05, 3.63) is 59.1 Å². The van der Waals surface area contributed by atoms with Crippen molar-refractivity contribution in [2.45, 2.75) is 24.1 Å². The van der Waals surface area contributed by atoms with Crippen LogP contribution >= 0.6 is 11.6 Å². The number of carbonyl (C=O) groups excluding carboxylic acids is 2. The Bertz CT molecular complexity index is 1040. The van der Waals surface area contributed by atoms with Crippen LogP contribution in [-0.2, 0) is 30.9 Å². The molecule has 3 rings (SSSR count). The normalized spacial score (nSPS) is 16.9. The van der Waals surface area contributed by atoms with Crippen LogP contribution in [-0.4, -0.2) is 57.6 Å². The highest BCUT2D eigenvalue weighted by molar-refractivity contribution is 7.89. The lowest BCUT2D eigenvalue weighted by molar-refractivity contribution is -0.140. The molecule has 32 heavy (non-hydrogen) atoms. The standard InChI is InChI=1S/C21H24ClN3O6S/c1-30-17-7-9-18(10-8-17)32(28,29)25-11-2-12-31-19(25)14-24-21(27)20(26)23-13-15-3-5-16(22)6-4-15/h3-10,19H,2,11-14H2,1H3,(H,23,26)(H,24,27)/t19-/m1/s1. The number of benzene rings is 2. The van der Waals surface area contributed by atoms with Gasteiger partial charge in [-0.1, -0.05) is 23.7 Å². The number of sulfonamides is 1. The molecule has 11 heteroatoms. The van der Waals surface area contributed by atoms with Crippen LogP contribution in [0.3, 0.4) is 0 Å². The predicted molar refractivity (Wildman–Crippen MR) is 118 cm³/mol. The zero-order valence-electron chi connectivity index (χ0n) is 17.4. The number of halogens is 1. The third kappa shape index (κ3) is 5.98. The highest BCUT2D eigenvalue weighted by Gasteiger charge is 2.35. The Morgan fingerprint density at radius 1 is 1.09 bits per heavy atom. The second-order valence-electron chi connectivity index (χ2n) is 6.99. The van der Waals surface area contributed by atoms with Crippen LogP contribution in [0.4, 0.5) is 0 Å². The lowest BCUT2D eigenvalue weighted by atomic mass is 10.2. The third-order valence-electron chi connectivity index (χ3n) is 4.83. The summed E-state index contributed by atoms with van der Waals surface area (Å²) >= 11 is 5.82. The van der Waals surface area contributed by atoms with Gasteiger partial charge in [-0.15, -0.1) is 0 Å². The van der Waals surface area contributed by atoms with Gasteiger partial charge in [0.25, 0.3) is 0 Å². The van der Waals surface area contributed by atoms with Gasteiger partial charge < -0.3 is 20.1 Å². The van der Waals surface area contributed by atoms with Crippen LogP contribution in [0.1, 0.15) is 12.0 Å². The number of ether oxygens (including phenoxy) is 2. The summed E-state index contributed by atoms with van der Waals surface area (Å²) in [7, 11) is -2.37. The number of rotatable bonds is 7. The second kappa shape index (κ2) is 10.8. The van der Waals surface area contributed by atoms with E-state index in [2.05, 4.69) is 10.6 Å². The zero-order chi connectivity index (χ0) is 23.1. The molecule has 1 aliphatic rings. The first-order valence-corrected chi connectivity index (χ1v) is 11.7. The topological polar surface area (TPSA) is 114 Å². The zero-order valence-corrected chi connectivity index (χ0v) is 19.0. The van der Waals surface area contributed by atoms with Gasteiger partial charge in [0.2, 0.25) is 10.0 Å². The van der Waals surface area contributed by atoms with Crippen molar-refractivity contribution in [1.29, 1.82) is 0 Å². The van der Waals surface area contributed by atoms with E-state index < -0.39 is 28.1 Å². The molecule has 1 saturated heterocycles. The number of nitrogens with zero attached hydrogens (tertiary/aromatic N) is 1. The maximum Gasteiger partial charge on any atom is 0.309 e. The molecule has 0 bridgehead atoms. The van der Waals surface area contributed by atoms with Crippen molar-refractivity contribution < 1.29 is 27.5 Å². The lowest BCUT2D eigenvalue weighted by Crippen LogP contribution is -2.53. The minimum Gasteiger partial charge on any atom is -0.497 e. The summed E-state index contributed by atoms with van der Waals surface area (Å²) in [5.41, 5.74) is 0.780. The summed E-state index contributed by atoms with van der Waals surface area (Å²) in [5.74, 6) is -1.18. The molecule has 2 aromatic carbocycles. The number of carbonyl (C=O) groups is 2. The molecule has 0 unspecified atom stereocenters. The number of amides is 2. The third-order valence-corrected chi connectivity index (χ3v) is 6.99. The van der Waals surface area contributed by atoms with Gasteiger partial charge in [-0.2, -0.15) is 4.31 Å². The SMILES string of the molecule is COc1ccc(S(=O)(=O)N2CCCO[C@@H]2CNC(=O)C(=O)NCc2ccc(Cl)cc2)cc1. The highest BCUT2D eigenvalue weighted by Crippen LogP contribution is 2.23. The van der Waals surface area contributed by atoms with Gasteiger partial charge in [-0.05, 0) is 48.4 Å². The molecule has 1 aliphatic heterocycles. The van der Waals surface area contributed by atoms with E-state index in [0.29, 0.717) is 23.8 Å². The number of hydrogen-bond acceptors (Lipinski definition) is 6. The Hall–Kier alpha value is -2.66. The van der Waals surface area contributed by atoms with Gasteiger partial charge in [0.15, 0.2) is 0 Å². The molecule has 1 atom stereocenters. The van der Waals surface area contributed by atoms with Crippen molar-refractivity contribution in [2.24, 2.45) is 0 Å². The van der Waals surface area contributed by atoms with Gasteiger partial charge >= 0.3 is 11.8 Å². The number of methoxy groups -OCH3 is 1. The smallest absolute Gasteiger partial charge is 0.309 e. The molecule has 2 aromatic rings. The molecule has 0 saturated carbocycles. The van der Waals surface area contributed by atoms with E-state index >= 15 is 0 Å². The summed E-state index contributed by atoms with van der Waals surface area (Å²) in [4.78, 5) is 24.3. The Balaban J connectivity index is 1.58. The second-order valence-corrected chi connectivity index (χ2v) is 9.32. The maximum atomic E-state index is 13.1. The minimum atomic E-state index is -3.86. The van der Waals surface area contributed by atoms with Crippen LogP contribution < -0.4 is 15.4 Å². The first-order chi connectivity index (χ1) is 15.3. The summed E-state index contributed by atoms with van der Waals surface area (Å²) in [5, 5.41) is 5.52. The molecular weight excluding hydrogens is 458 g/mol. The van der Waals surface area contributed by atoms with Crippen LogP contribution in [0.25, 0.3) is 0 Å². The van der Waals surface area contributed by atoms with E-state index in [4.69, 9.17) is 21.1 Å². The Morgan fingerprint density at radius 3 is 2.41 bits per heavy atom. The number of nitrogens with one attached hydrogen (secondary N) is 2. The molecule has 0 radical (unpaired) electrons. The van der Waals surface area contributed by atoms with Crippen molar-refractivity contribution >= 4 is 33.4 Å². The van der Waals surface area contributed by atoms with Gasteiger partial charge in [-0.3, -0.25) is 9.59 Å². The van der Waals surface area contributed by atoms with E-state index in [9.17, 15) is 18.0 Å². The quantitative estimate of drug-likeness (QED) is 0.579. The molecular formula is C21H24ClN3O6S. The molecule has 2 N–H and O–H groups in total. The average molecular weight is 482 g/mol. The number of hydrogen-bond donors (Lipinski definition) is 2. The van der Waals surface area contributed by atoms with Crippen LogP contribution in [0.15, 0.2) is 53.4 Å². The van der Waals surface area contributed by atoms with Crippen molar-refractivity contribution in [1.82, 2.24) is 14.9 Å². The van der Waals surface area contributed by atoms with Crippen molar-refractivity contribution in [3.8, 4) is 5.75 Å². The van der Waals surface area contributed by atoms with Crippen LogP contribution in [0.2, 0.25) is 5.02 Å². The fraction of sp³-hybridized carbons (Fsp3) is 0.333. The average Bonchev–Trinajstić information content (AvgIpc) is 2.82. The molecule has 9 nitrogen and oxygen atoms in total. The maximum absolute atomic E-state index is 13.1. The van der Waals surface area contributed by atoms with E-state index in [-0.39, 0.29) is 24.5 Å². The fourth-order valence-electron chi connectivity index (χ4n) is 3.11. The molecule has 1 heterocycles. The Kier molecular flexibility index (Phi) is 8.08. The first kappa shape index (κ1) is 24.0. The monoisotopic (exact) mass is 481 g/mol. The molecule has 1 fully saturated rings. The van der Waals surface area contributed by atoms with E-state index in [1.54, 1.807) is 36.4 Å². The van der Waals surface area contributed by atoms with E-state index in [0.717, 1.165) is 5.56 Å². The Morgan fingerprint density at radius 2 is 1.75 bits per heavy atom. The lowest BCUT2D eigenvalue weighted by Gasteiger charge is -2.34. The summed E-state index contributed by atoms with van der Waals surface area (Å²) < 4.78 is 38.0. The van der Waals surface area contributed by atoms with Crippen LogP contribution in [0.5, 0.6) is 5.75 Å². The Labute approximate surface area is 191 Å². The summed E-state index contributed by atoms with van der Waals surface area (Å²) in [6.45, 7) is 0.569. The van der Waals surface area contributed by atoms with Crippen LogP contribution in [0, 0.1) is 0 Å². The van der Waals surface area contributed by atoms with Gasteiger partial charge in [0.05, 0.1) is 25.2 Å². The van der Waals surface area contributed by atoms with Gasteiger partial charge in [0, 0.05) is 18.1 Å². The predicted octanol–water partition coefficient (Wildman–Crippen LogP) is 1.52. The largest absolute Gasteiger partial charge is 0.497 e. The van der Waals surface area contributed by atoms with E-state index in [1.165, 1.54) is 23.5 Å². The first-order valence-electron chi connectivity index (χ1n) is 9.89. The molecule has 2 amide bonds. The minimum absolute atomic E-state index is 0.0841. The van der Waals surface area contributed by atoms with Gasteiger partial charge in [0.1, 0.15) is 12.0 Å². The van der Waals surface area contributed by atoms with Crippen molar-refractivity contribution in [2.75, 3.05) is 26.8 Å². The highest BCUT2D eigenvalue weighted by atomic mass is 35.5. The fourth-order valence-corrected chi connectivity index (χ4v) is 4.80. The molecule has 0 aromatic heterocycles. The molecule has 0 aliphatic carbocycles. The van der Waals surface area contributed by atoms with E-state index in [1.807, 2.05) is 0 Å². The molecule has 172 valence electrons. The van der Waals surface area contributed by atoms with Gasteiger partial charge in [-0.25, -0.2) is 8.42 Å².